The number of halogens is 1. The number of carbonyl (C=O) groups excluding carboxylic acids is 2. The Kier molecular flexibility index (Phi) is 5.27. The van der Waals surface area contributed by atoms with Crippen LogP contribution in [-0.2, 0) is 11.2 Å². The minimum Gasteiger partial charge on any atom is -0.497 e. The maximum Gasteiger partial charge on any atom is 0.258 e. The molecule has 1 heterocycles. The Morgan fingerprint density at radius 1 is 1.28 bits per heavy atom. The molecule has 4 aliphatic rings. The summed E-state index contributed by atoms with van der Waals surface area (Å²) in [5.74, 6) is 0.851. The molecule has 0 saturated heterocycles. The van der Waals surface area contributed by atoms with Gasteiger partial charge >= 0.3 is 0 Å². The van der Waals surface area contributed by atoms with Gasteiger partial charge in [-0.05, 0) is 55.4 Å². The first-order chi connectivity index (χ1) is 15.5. The quantitative estimate of drug-likeness (QED) is 0.750. The van der Waals surface area contributed by atoms with Crippen molar-refractivity contribution in [1.29, 1.82) is 0 Å². The Morgan fingerprint density at radius 2 is 2.12 bits per heavy atom. The summed E-state index contributed by atoms with van der Waals surface area (Å²) >= 11 is 0. The van der Waals surface area contributed by atoms with Gasteiger partial charge in [0.2, 0.25) is 5.91 Å². The number of methoxy groups -OCH3 is 1. The Bertz CT molecular complexity index is 1060. The average Bonchev–Trinajstić information content (AvgIpc) is 2.80. The Morgan fingerprint density at radius 3 is 2.88 bits per heavy atom. The summed E-state index contributed by atoms with van der Waals surface area (Å²) in [5.41, 5.74) is 0.327. The van der Waals surface area contributed by atoms with Crippen molar-refractivity contribution in [3.63, 3.8) is 0 Å². The molecule has 0 unspecified atom stereocenters. The van der Waals surface area contributed by atoms with Gasteiger partial charge in [0, 0.05) is 30.9 Å². The highest BCUT2D eigenvalue weighted by Gasteiger charge is 2.57. The lowest BCUT2D eigenvalue weighted by molar-refractivity contribution is -0.146. The van der Waals surface area contributed by atoms with Crippen LogP contribution in [-0.4, -0.2) is 31.2 Å². The first-order valence-corrected chi connectivity index (χ1v) is 11.2. The molecule has 1 aliphatic heterocycles. The van der Waals surface area contributed by atoms with E-state index >= 15 is 0 Å². The molecule has 2 aromatic rings. The first kappa shape index (κ1) is 20.8. The molecule has 2 aromatic carbocycles. The number of benzene rings is 2. The minimum absolute atomic E-state index is 0.00935. The van der Waals surface area contributed by atoms with Crippen molar-refractivity contribution >= 4 is 11.8 Å². The van der Waals surface area contributed by atoms with Gasteiger partial charge in [-0.3, -0.25) is 9.59 Å². The molecule has 3 aliphatic carbocycles. The predicted octanol–water partition coefficient (Wildman–Crippen LogP) is 3.45. The van der Waals surface area contributed by atoms with Crippen LogP contribution in [0.3, 0.4) is 0 Å². The number of rotatable bonds is 5. The third kappa shape index (κ3) is 3.59. The van der Waals surface area contributed by atoms with Crippen LogP contribution in [0, 0.1) is 23.6 Å². The topological polar surface area (TPSA) is 76.7 Å². The van der Waals surface area contributed by atoms with Crippen LogP contribution in [0.1, 0.15) is 41.6 Å². The number of nitrogens with one attached hydrogen (secondary N) is 2. The van der Waals surface area contributed by atoms with Crippen molar-refractivity contribution < 1.29 is 23.5 Å². The van der Waals surface area contributed by atoms with Crippen LogP contribution in [0.15, 0.2) is 42.5 Å². The maximum atomic E-state index is 13.8. The van der Waals surface area contributed by atoms with E-state index in [9.17, 15) is 14.0 Å². The van der Waals surface area contributed by atoms with E-state index in [2.05, 4.69) is 10.6 Å². The average molecular weight is 438 g/mol. The van der Waals surface area contributed by atoms with Crippen LogP contribution in [0.5, 0.6) is 11.5 Å². The van der Waals surface area contributed by atoms with Gasteiger partial charge in [-0.15, -0.1) is 0 Å². The molecule has 6 nitrogen and oxygen atoms in total. The highest BCUT2D eigenvalue weighted by Crippen LogP contribution is 2.52. The molecule has 4 atom stereocenters. The first-order valence-electron chi connectivity index (χ1n) is 11.2. The second-order valence-corrected chi connectivity index (χ2v) is 9.02. The van der Waals surface area contributed by atoms with E-state index < -0.39 is 5.72 Å². The molecule has 2 bridgehead atoms. The highest BCUT2D eigenvalue weighted by molar-refractivity contribution is 5.98. The number of hydrogen-bond acceptors (Lipinski definition) is 4. The summed E-state index contributed by atoms with van der Waals surface area (Å²) in [6, 6.07) is 11.8. The summed E-state index contributed by atoms with van der Waals surface area (Å²) in [6.45, 7) is 0.402. The normalized spacial score (nSPS) is 27.9. The number of amides is 2. The van der Waals surface area contributed by atoms with E-state index in [0.717, 1.165) is 12.8 Å². The molecule has 3 fully saturated rings. The SMILES string of the molecule is COc1ccc2c(c1)O[C@]1(C[C@H]3CC[C@H]1C[C@H]3C(=O)NCCc1ccccc1F)NC2=O. The zero-order chi connectivity index (χ0) is 22.3. The third-order valence-corrected chi connectivity index (χ3v) is 7.26. The number of carbonyl (C=O) groups is 2. The van der Waals surface area contributed by atoms with Gasteiger partial charge in [-0.1, -0.05) is 18.2 Å². The van der Waals surface area contributed by atoms with Crippen molar-refractivity contribution in [2.45, 2.75) is 37.8 Å². The molecule has 168 valence electrons. The standard InChI is InChI=1S/C25H27FN2O4/c1-31-18-8-9-19-22(13-18)32-25(28-24(19)30)14-16-6-7-17(25)12-20(16)23(29)27-11-10-15-4-2-3-5-21(15)26/h2-5,8-9,13,16-17,20H,6-7,10-12,14H2,1H3,(H,27,29)(H,28,30)/t16-,17+,20-,25+/m1/s1. The zero-order valence-electron chi connectivity index (χ0n) is 18.0. The second-order valence-electron chi connectivity index (χ2n) is 9.02. The lowest BCUT2D eigenvalue weighted by Crippen LogP contribution is -2.67. The molecule has 2 N–H and O–H groups in total. The lowest BCUT2D eigenvalue weighted by Gasteiger charge is -2.55. The van der Waals surface area contributed by atoms with Crippen molar-refractivity contribution in [3.05, 3.63) is 59.4 Å². The molecule has 0 aromatic heterocycles. The van der Waals surface area contributed by atoms with Crippen molar-refractivity contribution in [2.75, 3.05) is 13.7 Å². The van der Waals surface area contributed by atoms with E-state index in [1.165, 1.54) is 6.07 Å². The fourth-order valence-corrected chi connectivity index (χ4v) is 5.59. The molecule has 2 amide bonds. The van der Waals surface area contributed by atoms with E-state index in [1.807, 2.05) is 0 Å². The zero-order valence-corrected chi connectivity index (χ0v) is 18.0. The largest absolute Gasteiger partial charge is 0.497 e. The van der Waals surface area contributed by atoms with Gasteiger partial charge in [-0.25, -0.2) is 4.39 Å². The number of hydrogen-bond donors (Lipinski definition) is 2. The lowest BCUT2D eigenvalue weighted by atomic mass is 9.60. The summed E-state index contributed by atoms with van der Waals surface area (Å²) in [5, 5.41) is 6.11. The summed E-state index contributed by atoms with van der Waals surface area (Å²) in [4.78, 5) is 25.7. The monoisotopic (exact) mass is 438 g/mol. The van der Waals surface area contributed by atoms with E-state index in [0.29, 0.717) is 48.4 Å². The number of ether oxygens (including phenoxy) is 2. The predicted molar refractivity (Wildman–Crippen MR) is 116 cm³/mol. The minimum atomic E-state index is -0.774. The Labute approximate surface area is 186 Å². The Hall–Kier alpha value is -3.09. The molecular weight excluding hydrogens is 411 g/mol. The maximum absolute atomic E-state index is 13.8. The van der Waals surface area contributed by atoms with Crippen molar-refractivity contribution in [3.8, 4) is 11.5 Å². The van der Waals surface area contributed by atoms with Crippen LogP contribution < -0.4 is 20.1 Å². The smallest absolute Gasteiger partial charge is 0.258 e. The van der Waals surface area contributed by atoms with Crippen LogP contribution in [0.25, 0.3) is 0 Å². The fourth-order valence-electron chi connectivity index (χ4n) is 5.59. The van der Waals surface area contributed by atoms with E-state index in [4.69, 9.17) is 9.47 Å². The van der Waals surface area contributed by atoms with Crippen LogP contribution in [0.4, 0.5) is 4.39 Å². The van der Waals surface area contributed by atoms with Gasteiger partial charge in [0.05, 0.1) is 12.7 Å². The molecular formula is C25H27FN2O4. The fraction of sp³-hybridized carbons (Fsp3) is 0.440. The Balaban J connectivity index is 1.26. The molecule has 6 rings (SSSR count). The number of fused-ring (bicyclic) bond motifs is 3. The van der Waals surface area contributed by atoms with Gasteiger partial charge in [-0.2, -0.15) is 0 Å². The molecule has 3 saturated carbocycles. The summed E-state index contributed by atoms with van der Waals surface area (Å²) in [7, 11) is 1.58. The van der Waals surface area contributed by atoms with E-state index in [1.54, 1.807) is 43.5 Å². The van der Waals surface area contributed by atoms with Crippen LogP contribution in [0.2, 0.25) is 0 Å². The van der Waals surface area contributed by atoms with E-state index in [-0.39, 0.29) is 35.4 Å². The van der Waals surface area contributed by atoms with Gasteiger partial charge in [0.1, 0.15) is 17.3 Å². The van der Waals surface area contributed by atoms with Crippen LogP contribution >= 0.6 is 0 Å². The van der Waals surface area contributed by atoms with Crippen molar-refractivity contribution in [1.82, 2.24) is 10.6 Å². The van der Waals surface area contributed by atoms with Gasteiger partial charge in [0.15, 0.2) is 5.72 Å². The van der Waals surface area contributed by atoms with Gasteiger partial charge < -0.3 is 20.1 Å². The highest BCUT2D eigenvalue weighted by atomic mass is 19.1. The summed E-state index contributed by atoms with van der Waals surface area (Å²) in [6.07, 6.45) is 3.56. The molecule has 32 heavy (non-hydrogen) atoms. The third-order valence-electron chi connectivity index (χ3n) is 7.26. The summed E-state index contributed by atoms with van der Waals surface area (Å²) < 4.78 is 25.5. The molecule has 1 spiro atoms. The van der Waals surface area contributed by atoms with Crippen molar-refractivity contribution in [2.24, 2.45) is 17.8 Å². The molecule has 0 radical (unpaired) electrons. The molecule has 7 heteroatoms. The second kappa shape index (κ2) is 8.11. The van der Waals surface area contributed by atoms with Gasteiger partial charge in [0.25, 0.3) is 5.91 Å².